The zero-order valence-electron chi connectivity index (χ0n) is 15.3. The molecule has 0 N–H and O–H groups in total. The summed E-state index contributed by atoms with van der Waals surface area (Å²) in [6, 6.07) is 15.6. The molecule has 0 saturated carbocycles. The number of fused-ring (bicyclic) bond motifs is 8. The molecule has 0 saturated heterocycles. The van der Waals surface area contributed by atoms with Crippen molar-refractivity contribution in [2.75, 3.05) is 4.90 Å². The topological polar surface area (TPSA) is 29.0 Å². The Labute approximate surface area is 163 Å². The predicted octanol–water partition coefficient (Wildman–Crippen LogP) is 5.33. The maximum Gasteiger partial charge on any atom is 0.0680 e. The Hall–Kier alpha value is -3.46. The summed E-state index contributed by atoms with van der Waals surface area (Å²) < 4.78 is 0. The van der Waals surface area contributed by atoms with E-state index >= 15 is 0 Å². The van der Waals surface area contributed by atoms with E-state index < -0.39 is 0 Å². The standard InChI is InChI=1S/C25H17N3/c1-2-4-20-15(3-1)11-22-21(20)6-5-17-10-19-13-27-12-18-9-16-7-8-26-14-23(16)28(24(18)19)25(17)22/h1-8,12-14H,9-11H2. The summed E-state index contributed by atoms with van der Waals surface area (Å²) in [5.41, 5.74) is 14.9. The largest absolute Gasteiger partial charge is 0.307 e. The highest BCUT2D eigenvalue weighted by molar-refractivity contribution is 5.94. The van der Waals surface area contributed by atoms with E-state index in [1.54, 1.807) is 0 Å². The number of benzene rings is 2. The molecule has 0 amide bonds. The molecule has 4 heterocycles. The van der Waals surface area contributed by atoms with Crippen molar-refractivity contribution in [1.29, 1.82) is 0 Å². The van der Waals surface area contributed by atoms with Gasteiger partial charge in [0.25, 0.3) is 0 Å². The molecule has 4 aromatic rings. The molecule has 3 heteroatoms. The number of rotatable bonds is 0. The van der Waals surface area contributed by atoms with Gasteiger partial charge in [0, 0.05) is 37.9 Å². The monoisotopic (exact) mass is 359 g/mol. The van der Waals surface area contributed by atoms with Crippen LogP contribution in [0.25, 0.3) is 11.1 Å². The Bertz CT molecular complexity index is 1290. The smallest absolute Gasteiger partial charge is 0.0680 e. The van der Waals surface area contributed by atoms with Crippen LogP contribution in [-0.2, 0) is 19.3 Å². The van der Waals surface area contributed by atoms with Gasteiger partial charge < -0.3 is 4.90 Å². The molecule has 0 bridgehead atoms. The minimum atomic E-state index is 0.926. The van der Waals surface area contributed by atoms with Crippen molar-refractivity contribution in [3.8, 4) is 11.1 Å². The van der Waals surface area contributed by atoms with Gasteiger partial charge in [0.15, 0.2) is 0 Å². The molecule has 28 heavy (non-hydrogen) atoms. The Morgan fingerprint density at radius 1 is 0.607 bits per heavy atom. The molecule has 3 aliphatic rings. The van der Waals surface area contributed by atoms with Crippen LogP contribution in [-0.4, -0.2) is 9.97 Å². The minimum Gasteiger partial charge on any atom is -0.307 e. The first-order valence-electron chi connectivity index (χ1n) is 9.80. The van der Waals surface area contributed by atoms with Crippen molar-refractivity contribution < 1.29 is 0 Å². The van der Waals surface area contributed by atoms with Gasteiger partial charge >= 0.3 is 0 Å². The van der Waals surface area contributed by atoms with Gasteiger partial charge in [0.2, 0.25) is 0 Å². The van der Waals surface area contributed by atoms with Crippen LogP contribution in [0, 0.1) is 0 Å². The molecule has 0 fully saturated rings. The summed E-state index contributed by atoms with van der Waals surface area (Å²) in [6.45, 7) is 0. The Kier molecular flexibility index (Phi) is 2.64. The third-order valence-corrected chi connectivity index (χ3v) is 6.45. The fourth-order valence-corrected chi connectivity index (χ4v) is 5.29. The lowest BCUT2D eigenvalue weighted by Crippen LogP contribution is -2.26. The number of hydrogen-bond acceptors (Lipinski definition) is 3. The van der Waals surface area contributed by atoms with Crippen molar-refractivity contribution in [1.82, 2.24) is 9.97 Å². The zero-order valence-corrected chi connectivity index (χ0v) is 15.3. The molecule has 0 spiro atoms. The van der Waals surface area contributed by atoms with Crippen LogP contribution in [0.4, 0.5) is 17.1 Å². The van der Waals surface area contributed by atoms with E-state index in [4.69, 9.17) is 0 Å². The average molecular weight is 359 g/mol. The SMILES string of the molecule is c1ccc2c(c1)Cc1c-2ccc2c1N1c3cnccc3Cc3cncc(c31)C2. The number of aromatic nitrogens is 2. The van der Waals surface area contributed by atoms with Crippen LogP contribution < -0.4 is 4.90 Å². The summed E-state index contributed by atoms with van der Waals surface area (Å²) in [7, 11) is 0. The number of anilines is 3. The van der Waals surface area contributed by atoms with Crippen LogP contribution in [0.1, 0.15) is 33.4 Å². The highest BCUT2D eigenvalue weighted by Gasteiger charge is 2.35. The summed E-state index contributed by atoms with van der Waals surface area (Å²) in [5, 5.41) is 0. The fourth-order valence-electron chi connectivity index (χ4n) is 5.29. The number of hydrogen-bond donors (Lipinski definition) is 0. The maximum atomic E-state index is 4.55. The predicted molar refractivity (Wildman–Crippen MR) is 111 cm³/mol. The van der Waals surface area contributed by atoms with E-state index in [1.807, 2.05) is 24.8 Å². The van der Waals surface area contributed by atoms with E-state index in [9.17, 15) is 0 Å². The van der Waals surface area contributed by atoms with Crippen LogP contribution in [0.3, 0.4) is 0 Å². The first kappa shape index (κ1) is 14.6. The Balaban J connectivity index is 1.56. The first-order valence-corrected chi connectivity index (χ1v) is 9.80. The van der Waals surface area contributed by atoms with Gasteiger partial charge in [-0.2, -0.15) is 0 Å². The van der Waals surface area contributed by atoms with E-state index in [-0.39, 0.29) is 0 Å². The van der Waals surface area contributed by atoms with Gasteiger partial charge in [-0.1, -0.05) is 36.4 Å². The van der Waals surface area contributed by atoms with Gasteiger partial charge in [-0.15, -0.1) is 0 Å². The second-order valence-corrected chi connectivity index (χ2v) is 7.93. The quantitative estimate of drug-likeness (QED) is 0.367. The Morgan fingerprint density at radius 2 is 1.46 bits per heavy atom. The molecule has 3 nitrogen and oxygen atoms in total. The van der Waals surface area contributed by atoms with E-state index in [0.29, 0.717) is 0 Å². The summed E-state index contributed by atoms with van der Waals surface area (Å²) in [4.78, 5) is 11.5. The average Bonchev–Trinajstić information content (AvgIpc) is 3.12. The molecular formula is C25H17N3. The highest BCUT2D eigenvalue weighted by Crippen LogP contribution is 2.54. The lowest BCUT2D eigenvalue weighted by Gasteiger charge is -2.40. The lowest BCUT2D eigenvalue weighted by atomic mass is 9.86. The third kappa shape index (κ3) is 1.74. The second-order valence-electron chi connectivity index (χ2n) is 7.93. The van der Waals surface area contributed by atoms with Crippen LogP contribution in [0.2, 0.25) is 0 Å². The van der Waals surface area contributed by atoms with Crippen molar-refractivity contribution in [2.24, 2.45) is 0 Å². The molecule has 0 radical (unpaired) electrons. The van der Waals surface area contributed by atoms with E-state index in [0.717, 1.165) is 19.3 Å². The summed E-state index contributed by atoms with van der Waals surface area (Å²) in [5.74, 6) is 0. The molecule has 2 aromatic heterocycles. The van der Waals surface area contributed by atoms with Crippen LogP contribution in [0.15, 0.2) is 67.3 Å². The first-order chi connectivity index (χ1) is 13.9. The minimum absolute atomic E-state index is 0.926. The molecule has 1 aliphatic carbocycles. The van der Waals surface area contributed by atoms with Crippen LogP contribution >= 0.6 is 0 Å². The van der Waals surface area contributed by atoms with Gasteiger partial charge in [0.05, 0.1) is 23.3 Å². The zero-order chi connectivity index (χ0) is 18.2. The maximum absolute atomic E-state index is 4.55. The summed E-state index contributed by atoms with van der Waals surface area (Å²) >= 11 is 0. The number of pyridine rings is 2. The molecule has 2 aliphatic heterocycles. The normalized spacial score (nSPS) is 14.6. The third-order valence-electron chi connectivity index (χ3n) is 6.45. The van der Waals surface area contributed by atoms with Gasteiger partial charge in [0.1, 0.15) is 0 Å². The molecule has 7 rings (SSSR count). The van der Waals surface area contributed by atoms with E-state index in [1.165, 1.54) is 61.6 Å². The lowest BCUT2D eigenvalue weighted by molar-refractivity contribution is 0.970. The fraction of sp³-hybridized carbons (Fsp3) is 0.120. The van der Waals surface area contributed by atoms with E-state index in [2.05, 4.69) is 57.3 Å². The summed E-state index contributed by atoms with van der Waals surface area (Å²) in [6.07, 6.45) is 10.9. The molecular weight excluding hydrogens is 342 g/mol. The molecule has 132 valence electrons. The van der Waals surface area contributed by atoms with Gasteiger partial charge in [-0.05, 0) is 50.6 Å². The van der Waals surface area contributed by atoms with Gasteiger partial charge in [-0.3, -0.25) is 9.97 Å². The van der Waals surface area contributed by atoms with Crippen LogP contribution in [0.5, 0.6) is 0 Å². The van der Waals surface area contributed by atoms with Crippen molar-refractivity contribution in [3.63, 3.8) is 0 Å². The molecule has 0 atom stereocenters. The molecule has 2 aromatic carbocycles. The van der Waals surface area contributed by atoms with Crippen molar-refractivity contribution >= 4 is 17.1 Å². The molecule has 0 unspecified atom stereocenters. The number of nitrogens with zero attached hydrogens (tertiary/aromatic N) is 3. The Morgan fingerprint density at radius 3 is 2.39 bits per heavy atom. The van der Waals surface area contributed by atoms with Gasteiger partial charge in [-0.25, -0.2) is 0 Å². The second kappa shape index (κ2) is 5.08. The highest BCUT2D eigenvalue weighted by atomic mass is 15.2. The van der Waals surface area contributed by atoms with Crippen molar-refractivity contribution in [3.05, 3.63) is 101 Å². The van der Waals surface area contributed by atoms with Crippen molar-refractivity contribution in [2.45, 2.75) is 19.3 Å².